The Morgan fingerprint density at radius 1 is 0.850 bits per heavy atom. The quantitative estimate of drug-likeness (QED) is 0.266. The van der Waals surface area contributed by atoms with Crippen LogP contribution in [0.5, 0.6) is 0 Å². The molecule has 40 heavy (non-hydrogen) atoms. The highest BCUT2D eigenvalue weighted by atomic mass is 35.5. The summed E-state index contributed by atoms with van der Waals surface area (Å²) in [6.07, 6.45) is 1.07. The lowest BCUT2D eigenvalue weighted by Crippen LogP contribution is -2.53. The molecule has 0 fully saturated rings. The van der Waals surface area contributed by atoms with Crippen LogP contribution in [0.3, 0.4) is 0 Å². The summed E-state index contributed by atoms with van der Waals surface area (Å²) in [6.45, 7) is 7.17. The minimum absolute atomic E-state index is 0.00363. The van der Waals surface area contributed by atoms with Gasteiger partial charge in [-0.2, -0.15) is 0 Å². The first kappa shape index (κ1) is 31.5. The van der Waals surface area contributed by atoms with Gasteiger partial charge in [-0.1, -0.05) is 66.9 Å². The lowest BCUT2D eigenvalue weighted by molar-refractivity contribution is -0.140. The number of carbonyl (C=O) groups excluding carboxylic acids is 2. The van der Waals surface area contributed by atoms with E-state index in [1.165, 1.54) is 29.2 Å². The number of amides is 2. The highest BCUT2D eigenvalue weighted by Crippen LogP contribution is 2.26. The first-order chi connectivity index (χ1) is 19.0. The van der Waals surface area contributed by atoms with Crippen LogP contribution >= 0.6 is 23.2 Å². The van der Waals surface area contributed by atoms with Crippen molar-refractivity contribution in [1.29, 1.82) is 0 Å². The summed E-state index contributed by atoms with van der Waals surface area (Å²) in [5, 5.41) is 3.90. The van der Waals surface area contributed by atoms with E-state index in [-0.39, 0.29) is 23.4 Å². The summed E-state index contributed by atoms with van der Waals surface area (Å²) < 4.78 is 28.8. The standard InChI is InChI=1S/C30H35Cl2N3O4S/c1-5-22(4)33-30(37)28(6-2)34(19-23-9-11-24(31)12-10-23)29(36)20-35(26-15-7-21(3)8-16-26)40(38,39)27-17-13-25(32)14-18-27/h7-18,22,28H,5-6,19-20H2,1-4H3,(H,33,37)/t22-,28+/m1/s1. The van der Waals surface area contributed by atoms with Gasteiger partial charge in [-0.25, -0.2) is 8.42 Å². The van der Waals surface area contributed by atoms with Crippen LogP contribution < -0.4 is 9.62 Å². The number of nitrogens with zero attached hydrogens (tertiary/aromatic N) is 2. The molecule has 0 spiro atoms. The van der Waals surface area contributed by atoms with Crippen LogP contribution in [0.4, 0.5) is 5.69 Å². The number of anilines is 1. The third-order valence-corrected chi connectivity index (χ3v) is 8.95. The zero-order valence-electron chi connectivity index (χ0n) is 23.1. The first-order valence-corrected chi connectivity index (χ1v) is 15.3. The summed E-state index contributed by atoms with van der Waals surface area (Å²) in [5.74, 6) is -0.805. The number of hydrogen-bond acceptors (Lipinski definition) is 4. The van der Waals surface area contributed by atoms with E-state index >= 15 is 0 Å². The fourth-order valence-corrected chi connectivity index (χ4v) is 5.79. The van der Waals surface area contributed by atoms with Crippen molar-refractivity contribution in [1.82, 2.24) is 10.2 Å². The number of carbonyl (C=O) groups is 2. The number of nitrogens with one attached hydrogen (secondary N) is 1. The molecule has 3 rings (SSSR count). The van der Waals surface area contributed by atoms with E-state index in [1.54, 1.807) is 48.5 Å². The number of hydrogen-bond donors (Lipinski definition) is 1. The minimum Gasteiger partial charge on any atom is -0.352 e. The van der Waals surface area contributed by atoms with Crippen LogP contribution in [0.2, 0.25) is 10.0 Å². The first-order valence-electron chi connectivity index (χ1n) is 13.2. The maximum Gasteiger partial charge on any atom is 0.264 e. The predicted molar refractivity (Wildman–Crippen MR) is 161 cm³/mol. The van der Waals surface area contributed by atoms with Crippen molar-refractivity contribution in [2.24, 2.45) is 0 Å². The molecule has 0 saturated heterocycles. The van der Waals surface area contributed by atoms with E-state index in [0.29, 0.717) is 22.2 Å². The lowest BCUT2D eigenvalue weighted by Gasteiger charge is -2.33. The topological polar surface area (TPSA) is 86.8 Å². The fourth-order valence-electron chi connectivity index (χ4n) is 4.12. The molecule has 3 aromatic rings. The molecule has 0 bridgehead atoms. The van der Waals surface area contributed by atoms with Gasteiger partial charge in [-0.3, -0.25) is 13.9 Å². The Hall–Kier alpha value is -3.07. The van der Waals surface area contributed by atoms with Crippen molar-refractivity contribution in [2.45, 2.75) is 64.1 Å². The average molecular weight is 605 g/mol. The molecule has 0 aliphatic rings. The van der Waals surface area contributed by atoms with E-state index in [1.807, 2.05) is 27.7 Å². The SMILES string of the molecule is CC[C@@H](C)NC(=O)[C@H](CC)N(Cc1ccc(Cl)cc1)C(=O)CN(c1ccc(C)cc1)S(=O)(=O)c1ccc(Cl)cc1. The van der Waals surface area contributed by atoms with Gasteiger partial charge in [0.05, 0.1) is 10.6 Å². The van der Waals surface area contributed by atoms with Gasteiger partial charge in [0.25, 0.3) is 10.0 Å². The molecular weight excluding hydrogens is 569 g/mol. The molecular formula is C30H35Cl2N3O4S. The second kappa shape index (κ2) is 14.0. The van der Waals surface area contributed by atoms with E-state index in [2.05, 4.69) is 5.32 Å². The smallest absolute Gasteiger partial charge is 0.264 e. The molecule has 214 valence electrons. The summed E-state index contributed by atoms with van der Waals surface area (Å²) in [5.41, 5.74) is 2.03. The summed E-state index contributed by atoms with van der Waals surface area (Å²) in [4.78, 5) is 28.8. The second-order valence-corrected chi connectivity index (χ2v) is 12.4. The van der Waals surface area contributed by atoms with Gasteiger partial charge in [0.15, 0.2) is 0 Å². The number of aryl methyl sites for hydroxylation is 1. The van der Waals surface area contributed by atoms with Crippen LogP contribution in [0.1, 0.15) is 44.7 Å². The van der Waals surface area contributed by atoms with Crippen molar-refractivity contribution in [3.8, 4) is 0 Å². The summed E-state index contributed by atoms with van der Waals surface area (Å²) in [7, 11) is -4.16. The van der Waals surface area contributed by atoms with Crippen molar-refractivity contribution in [3.05, 3.63) is 94.0 Å². The number of benzene rings is 3. The zero-order valence-corrected chi connectivity index (χ0v) is 25.4. The van der Waals surface area contributed by atoms with Crippen molar-refractivity contribution in [3.63, 3.8) is 0 Å². The van der Waals surface area contributed by atoms with Crippen LogP contribution in [0.25, 0.3) is 0 Å². The predicted octanol–water partition coefficient (Wildman–Crippen LogP) is 6.22. The molecule has 7 nitrogen and oxygen atoms in total. The van der Waals surface area contributed by atoms with Gasteiger partial charge in [0, 0.05) is 22.6 Å². The van der Waals surface area contributed by atoms with Crippen LogP contribution in [0.15, 0.2) is 77.7 Å². The number of rotatable bonds is 12. The summed E-state index contributed by atoms with van der Waals surface area (Å²) in [6, 6.07) is 18.8. The van der Waals surface area contributed by atoms with Crippen molar-refractivity contribution < 1.29 is 18.0 Å². The highest BCUT2D eigenvalue weighted by Gasteiger charge is 2.34. The molecule has 1 N–H and O–H groups in total. The molecule has 0 heterocycles. The zero-order chi connectivity index (χ0) is 29.4. The van der Waals surface area contributed by atoms with E-state index < -0.39 is 28.5 Å². The van der Waals surface area contributed by atoms with E-state index in [4.69, 9.17) is 23.2 Å². The molecule has 3 aromatic carbocycles. The van der Waals surface area contributed by atoms with Gasteiger partial charge < -0.3 is 10.2 Å². The Balaban J connectivity index is 2.04. The van der Waals surface area contributed by atoms with Crippen molar-refractivity contribution in [2.75, 3.05) is 10.8 Å². The third kappa shape index (κ3) is 7.99. The van der Waals surface area contributed by atoms with E-state index in [9.17, 15) is 18.0 Å². The fraction of sp³-hybridized carbons (Fsp3) is 0.333. The third-order valence-electron chi connectivity index (χ3n) is 6.66. The maximum atomic E-state index is 14.1. The van der Waals surface area contributed by atoms with Gasteiger partial charge in [0.1, 0.15) is 12.6 Å². The Labute approximate surface area is 247 Å². The summed E-state index contributed by atoms with van der Waals surface area (Å²) >= 11 is 12.1. The van der Waals surface area contributed by atoms with Gasteiger partial charge in [0.2, 0.25) is 11.8 Å². The Kier molecular flexibility index (Phi) is 11.0. The molecule has 0 saturated carbocycles. The monoisotopic (exact) mass is 603 g/mol. The minimum atomic E-state index is -4.16. The average Bonchev–Trinajstić information content (AvgIpc) is 2.93. The van der Waals surface area contributed by atoms with Crippen molar-refractivity contribution >= 4 is 50.7 Å². The number of sulfonamides is 1. The molecule has 2 atom stereocenters. The van der Waals surface area contributed by atoms with Gasteiger partial charge in [-0.15, -0.1) is 0 Å². The molecule has 2 amide bonds. The number of halogens is 2. The molecule has 0 radical (unpaired) electrons. The largest absolute Gasteiger partial charge is 0.352 e. The van der Waals surface area contributed by atoms with Gasteiger partial charge >= 0.3 is 0 Å². The highest BCUT2D eigenvalue weighted by molar-refractivity contribution is 7.92. The van der Waals surface area contributed by atoms with Gasteiger partial charge in [-0.05, 0) is 80.8 Å². The van der Waals surface area contributed by atoms with Crippen LogP contribution in [-0.4, -0.2) is 43.8 Å². The Bertz CT molecular complexity index is 1400. The Morgan fingerprint density at radius 3 is 1.93 bits per heavy atom. The van der Waals surface area contributed by atoms with Crippen LogP contribution in [0, 0.1) is 6.92 Å². The normalized spacial score (nSPS) is 12.8. The maximum absolute atomic E-state index is 14.1. The van der Waals surface area contributed by atoms with Crippen LogP contribution in [-0.2, 0) is 26.2 Å². The lowest BCUT2D eigenvalue weighted by atomic mass is 10.1. The molecule has 10 heteroatoms. The molecule has 0 aliphatic carbocycles. The molecule has 0 aliphatic heterocycles. The molecule has 0 aromatic heterocycles. The Morgan fingerprint density at radius 2 is 1.40 bits per heavy atom. The molecule has 0 unspecified atom stereocenters. The second-order valence-electron chi connectivity index (χ2n) is 9.69. The van der Waals surface area contributed by atoms with E-state index in [0.717, 1.165) is 21.9 Å².